The smallest absolute Gasteiger partial charge is 0.134 e. The molecule has 1 aromatic rings. The first kappa shape index (κ1) is 14.0. The summed E-state index contributed by atoms with van der Waals surface area (Å²) in [5.74, 6) is 0.272. The van der Waals surface area contributed by atoms with Crippen LogP contribution in [0.4, 0.5) is 0 Å². The third kappa shape index (κ3) is 4.34. The second kappa shape index (κ2) is 7.28. The van der Waals surface area contributed by atoms with E-state index >= 15 is 0 Å². The second-order valence-corrected chi connectivity index (χ2v) is 5.59. The van der Waals surface area contributed by atoms with Gasteiger partial charge in [0.15, 0.2) is 0 Å². The Morgan fingerprint density at radius 2 is 1.53 bits per heavy atom. The fourth-order valence-corrected chi connectivity index (χ4v) is 2.95. The molecule has 2 rings (SSSR count). The Morgan fingerprint density at radius 3 is 2.11 bits per heavy atom. The van der Waals surface area contributed by atoms with E-state index in [1.54, 1.807) is 6.92 Å². The molecule has 1 heteroatoms. The average molecular weight is 256 g/mol. The minimum absolute atomic E-state index is 0.272. The monoisotopic (exact) mass is 256 g/mol. The van der Waals surface area contributed by atoms with Crippen molar-refractivity contribution in [3.63, 3.8) is 0 Å². The Bertz CT molecular complexity index is 432. The molecule has 0 atom stereocenters. The molecule has 0 radical (unpaired) electrons. The van der Waals surface area contributed by atoms with Crippen LogP contribution in [0.1, 0.15) is 63.9 Å². The Labute approximate surface area is 116 Å². The summed E-state index contributed by atoms with van der Waals surface area (Å²) >= 11 is 0. The summed E-state index contributed by atoms with van der Waals surface area (Å²) in [6, 6.07) is 10.5. The van der Waals surface area contributed by atoms with Gasteiger partial charge in [-0.25, -0.2) is 0 Å². The van der Waals surface area contributed by atoms with Crippen molar-refractivity contribution >= 4 is 11.4 Å². The van der Waals surface area contributed by atoms with E-state index in [1.165, 1.54) is 61.7 Å². The van der Waals surface area contributed by atoms with Crippen molar-refractivity contribution in [2.75, 3.05) is 0 Å². The standard InChI is InChI=1S/C18H24O/c1-15(19)14-18(17-12-8-5-9-13-17)16-10-6-3-2-4-7-11-16/h5,8-9,12-13H,2-4,6-7,10-11,14H2,1H3. The van der Waals surface area contributed by atoms with Gasteiger partial charge in [0.2, 0.25) is 0 Å². The Hall–Kier alpha value is -1.37. The molecular weight excluding hydrogens is 232 g/mol. The Balaban J connectivity index is 2.31. The van der Waals surface area contributed by atoms with E-state index in [4.69, 9.17) is 0 Å². The maximum Gasteiger partial charge on any atom is 0.134 e. The lowest BCUT2D eigenvalue weighted by Gasteiger charge is -2.18. The van der Waals surface area contributed by atoms with Gasteiger partial charge in [-0.1, -0.05) is 55.2 Å². The number of hydrogen-bond acceptors (Lipinski definition) is 1. The maximum absolute atomic E-state index is 11.6. The molecule has 0 heterocycles. The molecule has 1 aliphatic rings. The van der Waals surface area contributed by atoms with Crippen molar-refractivity contribution < 1.29 is 4.79 Å². The van der Waals surface area contributed by atoms with Crippen LogP contribution in [0, 0.1) is 0 Å². The molecule has 1 nitrogen and oxygen atoms in total. The first-order valence-electron chi connectivity index (χ1n) is 7.53. The number of carbonyl (C=O) groups excluding carboxylic acids is 1. The lowest BCUT2D eigenvalue weighted by molar-refractivity contribution is -0.116. The summed E-state index contributed by atoms with van der Waals surface area (Å²) in [7, 11) is 0. The lowest BCUT2D eigenvalue weighted by atomic mass is 9.87. The zero-order valence-electron chi connectivity index (χ0n) is 12.0. The minimum atomic E-state index is 0.272. The van der Waals surface area contributed by atoms with Crippen LogP contribution in [0.15, 0.2) is 35.9 Å². The van der Waals surface area contributed by atoms with Gasteiger partial charge >= 0.3 is 0 Å². The van der Waals surface area contributed by atoms with Crippen LogP contribution < -0.4 is 0 Å². The summed E-state index contributed by atoms with van der Waals surface area (Å²) in [5.41, 5.74) is 4.07. The molecule has 1 aromatic carbocycles. The normalized spacial score (nSPS) is 16.6. The highest BCUT2D eigenvalue weighted by Crippen LogP contribution is 2.31. The van der Waals surface area contributed by atoms with E-state index in [-0.39, 0.29) is 5.78 Å². The van der Waals surface area contributed by atoms with Crippen LogP contribution in [0.25, 0.3) is 5.57 Å². The van der Waals surface area contributed by atoms with Crippen LogP contribution in [0.5, 0.6) is 0 Å². The van der Waals surface area contributed by atoms with E-state index < -0.39 is 0 Å². The number of benzene rings is 1. The van der Waals surface area contributed by atoms with Crippen molar-refractivity contribution in [3.05, 3.63) is 41.5 Å². The van der Waals surface area contributed by atoms with Gasteiger partial charge < -0.3 is 0 Å². The van der Waals surface area contributed by atoms with Gasteiger partial charge in [0, 0.05) is 6.42 Å². The fourth-order valence-electron chi connectivity index (χ4n) is 2.95. The molecule has 0 unspecified atom stereocenters. The molecule has 0 N–H and O–H groups in total. The van der Waals surface area contributed by atoms with Gasteiger partial charge in [0.25, 0.3) is 0 Å². The number of Topliss-reactive ketones (excluding diaryl/α,β-unsaturated/α-hetero) is 1. The van der Waals surface area contributed by atoms with Crippen molar-refractivity contribution in [2.24, 2.45) is 0 Å². The molecule has 0 aliphatic heterocycles. The molecule has 0 aromatic heterocycles. The second-order valence-electron chi connectivity index (χ2n) is 5.59. The molecule has 102 valence electrons. The quantitative estimate of drug-likeness (QED) is 0.729. The van der Waals surface area contributed by atoms with Crippen molar-refractivity contribution in [3.8, 4) is 0 Å². The highest BCUT2D eigenvalue weighted by molar-refractivity contribution is 5.89. The Morgan fingerprint density at radius 1 is 0.947 bits per heavy atom. The first-order chi connectivity index (χ1) is 9.27. The van der Waals surface area contributed by atoms with E-state index in [0.717, 1.165) is 0 Å². The molecule has 0 bridgehead atoms. The van der Waals surface area contributed by atoms with Gasteiger partial charge in [-0.2, -0.15) is 0 Å². The van der Waals surface area contributed by atoms with Crippen molar-refractivity contribution in [1.29, 1.82) is 0 Å². The number of rotatable bonds is 3. The van der Waals surface area contributed by atoms with Gasteiger partial charge in [0.1, 0.15) is 5.78 Å². The summed E-state index contributed by atoms with van der Waals surface area (Å²) in [5, 5.41) is 0. The number of ketones is 1. The third-order valence-corrected chi connectivity index (χ3v) is 3.93. The van der Waals surface area contributed by atoms with Crippen LogP contribution in [-0.4, -0.2) is 5.78 Å². The van der Waals surface area contributed by atoms with Gasteiger partial charge in [0.05, 0.1) is 0 Å². The van der Waals surface area contributed by atoms with Crippen molar-refractivity contribution in [2.45, 2.75) is 58.3 Å². The fraction of sp³-hybridized carbons (Fsp3) is 0.500. The van der Waals surface area contributed by atoms with Gasteiger partial charge in [-0.3, -0.25) is 4.79 Å². The third-order valence-electron chi connectivity index (χ3n) is 3.93. The number of allylic oxidation sites excluding steroid dienone is 2. The predicted molar refractivity (Wildman–Crippen MR) is 81.0 cm³/mol. The molecule has 0 saturated heterocycles. The molecule has 1 saturated carbocycles. The van der Waals surface area contributed by atoms with Crippen LogP contribution in [-0.2, 0) is 4.79 Å². The Kier molecular flexibility index (Phi) is 5.38. The topological polar surface area (TPSA) is 17.1 Å². The minimum Gasteiger partial charge on any atom is -0.300 e. The van der Waals surface area contributed by atoms with Gasteiger partial charge in [-0.15, -0.1) is 0 Å². The zero-order chi connectivity index (χ0) is 13.5. The molecule has 1 fully saturated rings. The summed E-state index contributed by atoms with van der Waals surface area (Å²) < 4.78 is 0. The van der Waals surface area contributed by atoms with Crippen LogP contribution >= 0.6 is 0 Å². The van der Waals surface area contributed by atoms with Crippen molar-refractivity contribution in [1.82, 2.24) is 0 Å². The lowest BCUT2D eigenvalue weighted by Crippen LogP contribution is -2.01. The van der Waals surface area contributed by atoms with E-state index in [9.17, 15) is 4.79 Å². The highest BCUT2D eigenvalue weighted by Gasteiger charge is 2.13. The molecule has 0 spiro atoms. The maximum atomic E-state index is 11.6. The van der Waals surface area contributed by atoms with Crippen LogP contribution in [0.2, 0.25) is 0 Å². The summed E-state index contributed by atoms with van der Waals surface area (Å²) in [6.07, 6.45) is 9.57. The SMILES string of the molecule is CC(=O)CC(=C1CCCCCCC1)c1ccccc1. The number of carbonyl (C=O) groups is 1. The first-order valence-corrected chi connectivity index (χ1v) is 7.53. The predicted octanol–water partition coefficient (Wildman–Crippen LogP) is 5.16. The number of hydrogen-bond donors (Lipinski definition) is 0. The summed E-state index contributed by atoms with van der Waals surface area (Å²) in [4.78, 5) is 11.6. The molecule has 1 aliphatic carbocycles. The molecular formula is C18H24O. The molecule has 0 amide bonds. The zero-order valence-corrected chi connectivity index (χ0v) is 12.0. The van der Waals surface area contributed by atoms with E-state index in [2.05, 4.69) is 24.3 Å². The average Bonchev–Trinajstić information content (AvgIpc) is 2.37. The molecule has 19 heavy (non-hydrogen) atoms. The van der Waals surface area contributed by atoms with E-state index in [0.29, 0.717) is 6.42 Å². The van der Waals surface area contributed by atoms with Gasteiger partial charge in [-0.05, 0) is 43.7 Å². The van der Waals surface area contributed by atoms with Crippen LogP contribution in [0.3, 0.4) is 0 Å². The largest absolute Gasteiger partial charge is 0.300 e. The van der Waals surface area contributed by atoms with E-state index in [1.807, 2.05) is 6.07 Å². The highest BCUT2D eigenvalue weighted by atomic mass is 16.1. The summed E-state index contributed by atoms with van der Waals surface area (Å²) in [6.45, 7) is 1.70.